The Bertz CT molecular complexity index is 424. The third kappa shape index (κ3) is 7.49. The minimum absolute atomic E-state index is 0.0672. The van der Waals surface area contributed by atoms with Crippen LogP contribution in [0, 0.1) is 5.41 Å². The second-order valence-electron chi connectivity index (χ2n) is 5.55. The summed E-state index contributed by atoms with van der Waals surface area (Å²) in [5.41, 5.74) is -5.92. The lowest BCUT2D eigenvalue weighted by Gasteiger charge is -2.17. The van der Waals surface area contributed by atoms with Gasteiger partial charge in [0, 0.05) is 11.8 Å². The van der Waals surface area contributed by atoms with Gasteiger partial charge in [-0.1, -0.05) is 27.7 Å². The van der Waals surface area contributed by atoms with E-state index in [9.17, 15) is 26.4 Å². The molecule has 4 nitrogen and oxygen atoms in total. The average Bonchev–Trinajstić information content (AvgIpc) is 2.11. The summed E-state index contributed by atoms with van der Waals surface area (Å²) in [5, 5.41) is 0. The van der Waals surface area contributed by atoms with Crippen LogP contribution in [-0.2, 0) is 29.7 Å². The molecule has 0 aliphatic rings. The fraction of sp³-hybridized carbons (Fsp3) is 0.909. The lowest BCUT2D eigenvalue weighted by Crippen LogP contribution is -2.35. The number of hydrogen-bond acceptors (Lipinski definition) is 4. The van der Waals surface area contributed by atoms with Crippen LogP contribution in [0.4, 0.5) is 13.2 Å². The summed E-state index contributed by atoms with van der Waals surface area (Å²) in [7, 11) is -5.67. The summed E-state index contributed by atoms with van der Waals surface area (Å²) in [4.78, 5) is 11.5. The number of carbonyl (C=O) groups excluding carboxylic acids is 1. The quantitative estimate of drug-likeness (QED) is 0.529. The first kappa shape index (κ1) is 19.7. The van der Waals surface area contributed by atoms with Crippen molar-refractivity contribution < 1.29 is 30.0 Å². The molecule has 0 fully saturated rings. The number of hydrogen-bond donors (Lipinski definition) is 0. The van der Waals surface area contributed by atoms with E-state index in [-0.39, 0.29) is 23.7 Å². The van der Waals surface area contributed by atoms with Crippen LogP contribution >= 0.6 is 0 Å². The topological polar surface area (TPSA) is 60.4 Å². The summed E-state index contributed by atoms with van der Waals surface area (Å²) in [6, 6.07) is 0. The second-order valence-corrected chi connectivity index (χ2v) is 8.92. The molecule has 0 spiro atoms. The maximum absolute atomic E-state index is 12.3. The maximum atomic E-state index is 12.3. The summed E-state index contributed by atoms with van der Waals surface area (Å²) < 4.78 is 63.3. The van der Waals surface area contributed by atoms with Gasteiger partial charge in [0.2, 0.25) is 5.75 Å². The van der Waals surface area contributed by atoms with Crippen LogP contribution in [0.1, 0.15) is 40.5 Å². The van der Waals surface area contributed by atoms with Crippen molar-refractivity contribution in [1.29, 1.82) is 0 Å². The molecule has 9 heteroatoms. The van der Waals surface area contributed by atoms with Gasteiger partial charge in [0.25, 0.3) is 0 Å². The highest BCUT2D eigenvalue weighted by Crippen LogP contribution is 2.29. The molecule has 1 unspecified atom stereocenters. The van der Waals surface area contributed by atoms with E-state index in [0.717, 1.165) is 0 Å². The Morgan fingerprint density at radius 3 is 2.05 bits per heavy atom. The van der Waals surface area contributed by atoms with E-state index < -0.39 is 32.2 Å². The van der Waals surface area contributed by atoms with E-state index in [2.05, 4.69) is 3.63 Å². The normalized spacial score (nSPS) is 15.2. The first-order chi connectivity index (χ1) is 8.78. The summed E-state index contributed by atoms with van der Waals surface area (Å²) in [5.74, 6) is -0.532. The van der Waals surface area contributed by atoms with Crippen molar-refractivity contribution in [2.75, 3.05) is 11.5 Å². The Hall–Kier alpha value is -0.280. The molecule has 0 amide bonds. The van der Waals surface area contributed by atoms with E-state index >= 15 is 0 Å². The van der Waals surface area contributed by atoms with Crippen LogP contribution in [0.3, 0.4) is 0 Å². The molecule has 1 atom stereocenters. The standard InChI is InChI=1S/C11H20F3O4S2/c1-5-6-9(15)7-19(8-10(2,3)4)18-20(16,17)11(12,13)14/h5-8H2,1-4H3/q+1. The lowest BCUT2D eigenvalue weighted by molar-refractivity contribution is -0.116. The number of rotatable bonds is 7. The van der Waals surface area contributed by atoms with Crippen molar-refractivity contribution in [2.24, 2.45) is 5.41 Å². The lowest BCUT2D eigenvalue weighted by atomic mass is 10.0. The predicted octanol–water partition coefficient (Wildman–Crippen LogP) is 2.80. The molecular weight excluding hydrogens is 317 g/mol. The van der Waals surface area contributed by atoms with Crippen molar-refractivity contribution in [2.45, 2.75) is 46.0 Å². The summed E-state index contributed by atoms with van der Waals surface area (Å²) in [6.45, 7) is 6.97. The van der Waals surface area contributed by atoms with Crippen LogP contribution < -0.4 is 0 Å². The molecule has 0 aromatic heterocycles. The zero-order valence-corrected chi connectivity index (χ0v) is 13.5. The first-order valence-corrected chi connectivity index (χ1v) is 8.88. The van der Waals surface area contributed by atoms with Gasteiger partial charge in [0.1, 0.15) is 5.75 Å². The van der Waals surface area contributed by atoms with Crippen molar-refractivity contribution in [3.8, 4) is 0 Å². The Kier molecular flexibility index (Phi) is 7.03. The minimum atomic E-state index is -5.67. The molecule has 20 heavy (non-hydrogen) atoms. The third-order valence-electron chi connectivity index (χ3n) is 1.91. The zero-order chi connectivity index (χ0) is 16.2. The van der Waals surface area contributed by atoms with Gasteiger partial charge in [-0.05, 0) is 10.1 Å². The van der Waals surface area contributed by atoms with Gasteiger partial charge in [-0.15, -0.1) is 0 Å². The Morgan fingerprint density at radius 2 is 1.70 bits per heavy atom. The smallest absolute Gasteiger partial charge is 0.294 e. The number of halogens is 3. The van der Waals surface area contributed by atoms with E-state index in [0.29, 0.717) is 6.42 Å². The fourth-order valence-corrected chi connectivity index (χ4v) is 4.56. The van der Waals surface area contributed by atoms with E-state index in [1.165, 1.54) is 0 Å². The van der Waals surface area contributed by atoms with Gasteiger partial charge in [-0.2, -0.15) is 21.6 Å². The van der Waals surface area contributed by atoms with Crippen LogP contribution in [0.2, 0.25) is 0 Å². The molecular formula is C11H20F3O4S2+. The Balaban J connectivity index is 5.01. The van der Waals surface area contributed by atoms with Crippen molar-refractivity contribution in [3.63, 3.8) is 0 Å². The van der Waals surface area contributed by atoms with Crippen LogP contribution in [-0.4, -0.2) is 31.2 Å². The minimum Gasteiger partial charge on any atom is -0.294 e. The SMILES string of the molecule is CCCC(=O)C[S+](CC(C)(C)C)OS(=O)(=O)C(F)(F)F. The van der Waals surface area contributed by atoms with E-state index in [4.69, 9.17) is 0 Å². The van der Waals surface area contributed by atoms with Gasteiger partial charge >= 0.3 is 15.6 Å². The zero-order valence-electron chi connectivity index (χ0n) is 11.9. The molecule has 0 bridgehead atoms. The molecule has 0 radical (unpaired) electrons. The molecule has 0 rings (SSSR count). The third-order valence-corrected chi connectivity index (χ3v) is 5.80. The molecule has 0 aliphatic heterocycles. The van der Waals surface area contributed by atoms with Crippen LogP contribution in [0.5, 0.6) is 0 Å². The van der Waals surface area contributed by atoms with Gasteiger partial charge in [-0.25, -0.2) is 0 Å². The molecule has 0 saturated heterocycles. The van der Waals surface area contributed by atoms with Crippen molar-refractivity contribution in [1.82, 2.24) is 0 Å². The Morgan fingerprint density at radius 1 is 1.20 bits per heavy atom. The predicted molar refractivity (Wildman–Crippen MR) is 72.5 cm³/mol. The van der Waals surface area contributed by atoms with Crippen molar-refractivity contribution in [3.05, 3.63) is 0 Å². The summed E-state index contributed by atoms with van der Waals surface area (Å²) >= 11 is -1.60. The monoisotopic (exact) mass is 337 g/mol. The second kappa shape index (κ2) is 7.13. The number of ketones is 1. The first-order valence-electron chi connectivity index (χ1n) is 5.99. The van der Waals surface area contributed by atoms with Crippen LogP contribution in [0.15, 0.2) is 0 Å². The number of alkyl halides is 3. The van der Waals surface area contributed by atoms with E-state index in [1.54, 1.807) is 27.7 Å². The highest BCUT2D eigenvalue weighted by Gasteiger charge is 2.53. The van der Waals surface area contributed by atoms with E-state index in [1.807, 2.05) is 0 Å². The number of Topliss-reactive ketones (excluding diaryl/α,β-unsaturated/α-hetero) is 1. The van der Waals surface area contributed by atoms with Gasteiger partial charge in [0.15, 0.2) is 17.0 Å². The molecule has 0 saturated carbocycles. The fourth-order valence-electron chi connectivity index (χ4n) is 1.28. The Labute approximate surface area is 120 Å². The largest absolute Gasteiger partial charge is 0.527 e. The van der Waals surface area contributed by atoms with Gasteiger partial charge in [0.05, 0.1) is 0 Å². The van der Waals surface area contributed by atoms with Crippen molar-refractivity contribution >= 4 is 27.1 Å². The molecule has 0 aromatic rings. The molecule has 0 aromatic carbocycles. The maximum Gasteiger partial charge on any atom is 0.527 e. The highest BCUT2D eigenvalue weighted by molar-refractivity contribution is 8.03. The number of carbonyl (C=O) groups is 1. The van der Waals surface area contributed by atoms with Crippen LogP contribution in [0.25, 0.3) is 0 Å². The molecule has 120 valence electrons. The molecule has 0 N–H and O–H groups in total. The molecule has 0 heterocycles. The van der Waals surface area contributed by atoms with Gasteiger partial charge < -0.3 is 0 Å². The molecule has 0 aliphatic carbocycles. The summed E-state index contributed by atoms with van der Waals surface area (Å²) in [6.07, 6.45) is 0.751. The average molecular weight is 337 g/mol. The highest BCUT2D eigenvalue weighted by atomic mass is 32.3. The van der Waals surface area contributed by atoms with Gasteiger partial charge in [-0.3, -0.25) is 4.79 Å².